The standard InChI is InChI=1S/C27H36NO4PS/c1-2-33(29,30)19-9-4-3-8-12-26-23-13-14-24(20-23)27(26)28-34(31,32)25-17-15-22(16-18-25)21-10-6-5-7-11-21/h3,5-8,10-11,15-18,23-24,26-28H,2,4,9,12-14,19-20H2,1H3,(H,29,30)/b8-3-/t23?,24-,26?,27?/m1/s1. The van der Waals surface area contributed by atoms with Crippen molar-refractivity contribution in [2.45, 2.75) is 56.4 Å². The van der Waals surface area contributed by atoms with Gasteiger partial charge in [0.25, 0.3) is 0 Å². The Morgan fingerprint density at radius 2 is 1.68 bits per heavy atom. The maximum Gasteiger partial charge on any atom is 0.240 e. The highest BCUT2D eigenvalue weighted by atomic mass is 32.2. The first-order chi connectivity index (χ1) is 16.3. The maximum absolute atomic E-state index is 13.2. The van der Waals surface area contributed by atoms with Crippen LogP contribution in [-0.2, 0) is 14.6 Å². The first kappa shape index (κ1) is 25.4. The van der Waals surface area contributed by atoms with Gasteiger partial charge < -0.3 is 4.89 Å². The third-order valence-corrected chi connectivity index (χ3v) is 11.1. The van der Waals surface area contributed by atoms with Crippen LogP contribution < -0.4 is 4.72 Å². The van der Waals surface area contributed by atoms with Crippen LogP contribution >= 0.6 is 7.37 Å². The SMILES string of the molecule is CCP(=O)(O)CCC/C=C\CC1C2CC[C@H](C2)C1NS(=O)(=O)c1ccc(-c2ccccc2)cc1. The summed E-state index contributed by atoms with van der Waals surface area (Å²) in [6.45, 7) is 1.75. The minimum absolute atomic E-state index is 0.0278. The fourth-order valence-corrected chi connectivity index (χ4v) is 7.97. The molecule has 2 aromatic rings. The first-order valence-electron chi connectivity index (χ1n) is 12.4. The number of hydrogen-bond donors (Lipinski definition) is 2. The van der Waals surface area contributed by atoms with Crippen molar-refractivity contribution in [2.24, 2.45) is 17.8 Å². The minimum Gasteiger partial charge on any atom is -0.344 e. The van der Waals surface area contributed by atoms with E-state index in [9.17, 15) is 17.9 Å². The van der Waals surface area contributed by atoms with Crippen molar-refractivity contribution in [2.75, 3.05) is 12.3 Å². The van der Waals surface area contributed by atoms with Crippen LogP contribution in [0.4, 0.5) is 0 Å². The quantitative estimate of drug-likeness (QED) is 0.223. The largest absolute Gasteiger partial charge is 0.344 e. The molecule has 0 aromatic heterocycles. The molecular formula is C27H36NO4PS. The molecular weight excluding hydrogens is 465 g/mol. The van der Waals surface area contributed by atoms with Gasteiger partial charge in [0.15, 0.2) is 7.37 Å². The van der Waals surface area contributed by atoms with E-state index in [1.807, 2.05) is 42.5 Å². The normalized spacial score (nSPS) is 26.2. The predicted octanol–water partition coefficient (Wildman–Crippen LogP) is 6.06. The number of fused-ring (bicyclic) bond motifs is 2. The lowest BCUT2D eigenvalue weighted by atomic mass is 9.83. The number of sulfonamides is 1. The van der Waals surface area contributed by atoms with E-state index >= 15 is 0 Å². The molecule has 0 radical (unpaired) electrons. The molecule has 2 N–H and O–H groups in total. The molecule has 5 atom stereocenters. The smallest absolute Gasteiger partial charge is 0.240 e. The highest BCUT2D eigenvalue weighted by Gasteiger charge is 2.48. The maximum atomic E-state index is 13.2. The van der Waals surface area contributed by atoms with Crippen molar-refractivity contribution >= 4 is 17.4 Å². The van der Waals surface area contributed by atoms with Gasteiger partial charge in [0.1, 0.15) is 0 Å². The van der Waals surface area contributed by atoms with E-state index in [0.29, 0.717) is 41.4 Å². The van der Waals surface area contributed by atoms with Crippen LogP contribution in [0.3, 0.4) is 0 Å². The highest BCUT2D eigenvalue weighted by Crippen LogP contribution is 2.50. The van der Waals surface area contributed by atoms with E-state index in [0.717, 1.165) is 36.8 Å². The molecule has 2 saturated carbocycles. The fraction of sp³-hybridized carbons (Fsp3) is 0.481. The van der Waals surface area contributed by atoms with Crippen LogP contribution in [-0.4, -0.2) is 31.7 Å². The zero-order valence-electron chi connectivity index (χ0n) is 19.8. The first-order valence-corrected chi connectivity index (χ1v) is 15.9. The van der Waals surface area contributed by atoms with Crippen molar-refractivity contribution in [1.29, 1.82) is 0 Å². The molecule has 2 aromatic carbocycles. The molecule has 2 aliphatic rings. The second kappa shape index (κ2) is 10.9. The highest BCUT2D eigenvalue weighted by molar-refractivity contribution is 7.89. The van der Waals surface area contributed by atoms with E-state index in [1.165, 1.54) is 6.42 Å². The molecule has 2 bridgehead atoms. The van der Waals surface area contributed by atoms with Crippen molar-refractivity contribution in [3.8, 4) is 11.1 Å². The molecule has 0 heterocycles. The Morgan fingerprint density at radius 1 is 1.00 bits per heavy atom. The molecule has 0 saturated heterocycles. The van der Waals surface area contributed by atoms with E-state index in [-0.39, 0.29) is 6.04 Å². The lowest BCUT2D eigenvalue weighted by Crippen LogP contribution is -2.43. The van der Waals surface area contributed by atoms with Gasteiger partial charge in [0.2, 0.25) is 10.0 Å². The summed E-state index contributed by atoms with van der Waals surface area (Å²) in [4.78, 5) is 10.0. The van der Waals surface area contributed by atoms with E-state index in [1.54, 1.807) is 19.1 Å². The van der Waals surface area contributed by atoms with Crippen LogP contribution in [0.5, 0.6) is 0 Å². The predicted molar refractivity (Wildman–Crippen MR) is 139 cm³/mol. The van der Waals surface area contributed by atoms with E-state index in [4.69, 9.17) is 0 Å². The summed E-state index contributed by atoms with van der Waals surface area (Å²) in [5, 5.41) is 0. The molecule has 2 fully saturated rings. The molecule has 4 unspecified atom stereocenters. The Balaban J connectivity index is 1.37. The van der Waals surface area contributed by atoms with Gasteiger partial charge in [0.05, 0.1) is 4.90 Å². The number of nitrogens with one attached hydrogen (secondary N) is 1. The van der Waals surface area contributed by atoms with Crippen LogP contribution in [0.25, 0.3) is 11.1 Å². The summed E-state index contributed by atoms with van der Waals surface area (Å²) in [5.74, 6) is 1.29. The second-order valence-corrected chi connectivity index (χ2v) is 14.3. The van der Waals surface area contributed by atoms with Gasteiger partial charge in [-0.2, -0.15) is 0 Å². The number of rotatable bonds is 11. The molecule has 0 spiro atoms. The molecule has 34 heavy (non-hydrogen) atoms. The van der Waals surface area contributed by atoms with Gasteiger partial charge in [0, 0.05) is 18.4 Å². The minimum atomic E-state index is -3.59. The molecule has 4 rings (SSSR count). The van der Waals surface area contributed by atoms with Crippen molar-refractivity contribution < 1.29 is 17.9 Å². The van der Waals surface area contributed by atoms with Crippen LogP contribution in [0.2, 0.25) is 0 Å². The number of benzene rings is 2. The Morgan fingerprint density at radius 3 is 2.38 bits per heavy atom. The van der Waals surface area contributed by atoms with Gasteiger partial charge >= 0.3 is 0 Å². The molecule has 7 heteroatoms. The van der Waals surface area contributed by atoms with E-state index in [2.05, 4.69) is 16.9 Å². The lowest BCUT2D eigenvalue weighted by Gasteiger charge is -2.31. The van der Waals surface area contributed by atoms with Crippen LogP contribution in [0, 0.1) is 17.8 Å². The number of hydrogen-bond acceptors (Lipinski definition) is 3. The monoisotopic (exact) mass is 501 g/mol. The zero-order valence-corrected chi connectivity index (χ0v) is 21.6. The average Bonchev–Trinajstić information content (AvgIpc) is 3.44. The van der Waals surface area contributed by atoms with Crippen LogP contribution in [0.15, 0.2) is 71.6 Å². The lowest BCUT2D eigenvalue weighted by molar-refractivity contribution is 0.274. The van der Waals surface area contributed by atoms with Gasteiger partial charge in [-0.25, -0.2) is 13.1 Å². The van der Waals surface area contributed by atoms with Gasteiger partial charge in [-0.1, -0.05) is 61.5 Å². The average molecular weight is 502 g/mol. The molecule has 184 valence electrons. The van der Waals surface area contributed by atoms with Gasteiger partial charge in [-0.3, -0.25) is 4.57 Å². The summed E-state index contributed by atoms with van der Waals surface area (Å²) in [7, 11) is -6.54. The topological polar surface area (TPSA) is 83.5 Å². The van der Waals surface area contributed by atoms with Gasteiger partial charge in [-0.05, 0) is 79.5 Å². The van der Waals surface area contributed by atoms with Crippen LogP contribution in [0.1, 0.15) is 45.4 Å². The Bertz CT molecular complexity index is 1130. The summed E-state index contributed by atoms with van der Waals surface area (Å²) in [6, 6.07) is 17.0. The summed E-state index contributed by atoms with van der Waals surface area (Å²) in [6.07, 6.45) is 10.7. The van der Waals surface area contributed by atoms with E-state index < -0.39 is 17.4 Å². The third kappa shape index (κ3) is 6.09. The van der Waals surface area contributed by atoms with Gasteiger partial charge in [-0.15, -0.1) is 0 Å². The Hall–Kier alpha value is -1.72. The number of unbranched alkanes of at least 4 members (excludes halogenated alkanes) is 1. The second-order valence-electron chi connectivity index (χ2n) is 9.77. The van der Waals surface area contributed by atoms with Crippen molar-refractivity contribution in [3.63, 3.8) is 0 Å². The zero-order chi connectivity index (χ0) is 24.2. The van der Waals surface area contributed by atoms with Crippen molar-refractivity contribution in [3.05, 3.63) is 66.7 Å². The molecule has 0 aliphatic heterocycles. The summed E-state index contributed by atoms with van der Waals surface area (Å²) < 4.78 is 41.3. The summed E-state index contributed by atoms with van der Waals surface area (Å²) in [5.41, 5.74) is 2.06. The third-order valence-electron chi connectivity index (χ3n) is 7.60. The molecule has 5 nitrogen and oxygen atoms in total. The van der Waals surface area contributed by atoms with Crippen molar-refractivity contribution in [1.82, 2.24) is 4.72 Å². The summed E-state index contributed by atoms with van der Waals surface area (Å²) >= 11 is 0. The fourth-order valence-electron chi connectivity index (χ4n) is 5.62. The Kier molecular flexibility index (Phi) is 8.14. The Labute approximate surface area is 204 Å². The molecule has 0 amide bonds. The number of allylic oxidation sites excluding steroid dienone is 2. The molecule has 2 aliphatic carbocycles.